The molecular weight excluding hydrogens is 226 g/mol. The number of nitrogens with one attached hydrogen (secondary N) is 1. The van der Waals surface area contributed by atoms with E-state index >= 15 is 0 Å². The lowest BCUT2D eigenvalue weighted by atomic mass is 10.2. The Balaban J connectivity index is 2.26. The van der Waals surface area contributed by atoms with Crippen LogP contribution in [0.4, 0.5) is 5.69 Å². The van der Waals surface area contributed by atoms with Gasteiger partial charge in [-0.15, -0.1) is 0 Å². The zero-order chi connectivity index (χ0) is 13.0. The van der Waals surface area contributed by atoms with Crippen molar-refractivity contribution in [1.82, 2.24) is 9.55 Å². The minimum absolute atomic E-state index is 0.00422. The monoisotopic (exact) mass is 241 g/mol. The molecule has 0 bridgehead atoms. The molecule has 0 saturated heterocycles. The Hall–Kier alpha value is -2.36. The van der Waals surface area contributed by atoms with Gasteiger partial charge in [-0.2, -0.15) is 0 Å². The summed E-state index contributed by atoms with van der Waals surface area (Å²) in [6.07, 6.45) is 5.76. The fourth-order valence-electron chi connectivity index (χ4n) is 1.58. The number of amides is 1. The van der Waals surface area contributed by atoms with E-state index in [9.17, 15) is 4.79 Å². The first-order chi connectivity index (χ1) is 8.72. The summed E-state index contributed by atoms with van der Waals surface area (Å²) in [5.41, 5.74) is 2.55. The SMILES string of the molecule is C=Cc1cn(-c2cccc(NC(=O)CC)c2)cn1. The predicted octanol–water partition coefficient (Wildman–Crippen LogP) is 2.86. The van der Waals surface area contributed by atoms with Gasteiger partial charge in [0, 0.05) is 24.0 Å². The smallest absolute Gasteiger partial charge is 0.224 e. The van der Waals surface area contributed by atoms with E-state index in [-0.39, 0.29) is 5.91 Å². The minimum atomic E-state index is 0.00422. The Morgan fingerprint density at radius 3 is 3.06 bits per heavy atom. The standard InChI is InChI=1S/C14H15N3O/c1-3-11-9-17(10-15-11)13-7-5-6-12(8-13)16-14(18)4-2/h3,5-10H,1,4H2,2H3,(H,16,18). The van der Waals surface area contributed by atoms with Crippen LogP contribution in [0.2, 0.25) is 0 Å². The quantitative estimate of drug-likeness (QED) is 0.894. The van der Waals surface area contributed by atoms with Gasteiger partial charge >= 0.3 is 0 Å². The van der Waals surface area contributed by atoms with Gasteiger partial charge in [0.2, 0.25) is 5.91 Å². The number of aromatic nitrogens is 2. The number of benzene rings is 1. The van der Waals surface area contributed by atoms with Crippen LogP contribution in [0.3, 0.4) is 0 Å². The molecule has 92 valence electrons. The molecule has 2 rings (SSSR count). The molecule has 0 radical (unpaired) electrons. The lowest BCUT2D eigenvalue weighted by Crippen LogP contribution is -2.09. The van der Waals surface area contributed by atoms with Crippen LogP contribution in [-0.4, -0.2) is 15.5 Å². The summed E-state index contributed by atoms with van der Waals surface area (Å²) in [4.78, 5) is 15.5. The van der Waals surface area contributed by atoms with E-state index in [1.807, 2.05) is 42.0 Å². The van der Waals surface area contributed by atoms with Crippen LogP contribution in [0.5, 0.6) is 0 Å². The molecule has 4 heteroatoms. The number of nitrogens with zero attached hydrogens (tertiary/aromatic N) is 2. The molecular formula is C14H15N3O. The number of carbonyl (C=O) groups is 1. The second kappa shape index (κ2) is 5.31. The van der Waals surface area contributed by atoms with Crippen molar-refractivity contribution in [1.29, 1.82) is 0 Å². The molecule has 2 aromatic rings. The van der Waals surface area contributed by atoms with Crippen molar-refractivity contribution in [2.24, 2.45) is 0 Å². The summed E-state index contributed by atoms with van der Waals surface area (Å²) in [6.45, 7) is 5.50. The zero-order valence-electron chi connectivity index (χ0n) is 10.3. The van der Waals surface area contributed by atoms with Crippen LogP contribution >= 0.6 is 0 Å². The molecule has 0 unspecified atom stereocenters. The maximum atomic E-state index is 11.3. The number of imidazole rings is 1. The lowest BCUT2D eigenvalue weighted by Gasteiger charge is -2.06. The molecule has 0 aliphatic heterocycles. The molecule has 1 aromatic carbocycles. The molecule has 0 spiro atoms. The summed E-state index contributed by atoms with van der Waals surface area (Å²) in [5, 5.41) is 2.83. The molecule has 1 N–H and O–H groups in total. The molecule has 0 aliphatic rings. The number of hydrogen-bond acceptors (Lipinski definition) is 2. The van der Waals surface area contributed by atoms with Crippen molar-refractivity contribution >= 4 is 17.7 Å². The molecule has 4 nitrogen and oxygen atoms in total. The first-order valence-electron chi connectivity index (χ1n) is 5.79. The van der Waals surface area contributed by atoms with E-state index in [1.54, 1.807) is 12.4 Å². The normalized spacial score (nSPS) is 10.1. The van der Waals surface area contributed by atoms with Crippen molar-refractivity contribution in [3.05, 3.63) is 49.1 Å². The van der Waals surface area contributed by atoms with Gasteiger partial charge in [0.1, 0.15) is 0 Å². The van der Waals surface area contributed by atoms with Crippen molar-refractivity contribution < 1.29 is 4.79 Å². The maximum absolute atomic E-state index is 11.3. The van der Waals surface area contributed by atoms with Crippen molar-refractivity contribution in [2.75, 3.05) is 5.32 Å². The van der Waals surface area contributed by atoms with Gasteiger partial charge in [-0.25, -0.2) is 4.98 Å². The van der Waals surface area contributed by atoms with Gasteiger partial charge in [-0.1, -0.05) is 19.6 Å². The summed E-state index contributed by atoms with van der Waals surface area (Å²) < 4.78 is 1.89. The Bertz CT molecular complexity index is 572. The topological polar surface area (TPSA) is 46.9 Å². The number of hydrogen-bond donors (Lipinski definition) is 1. The Morgan fingerprint density at radius 2 is 2.39 bits per heavy atom. The van der Waals surface area contributed by atoms with Gasteiger partial charge < -0.3 is 9.88 Å². The molecule has 0 fully saturated rings. The summed E-state index contributed by atoms with van der Waals surface area (Å²) in [7, 11) is 0. The van der Waals surface area contributed by atoms with Gasteiger partial charge in [-0.05, 0) is 24.3 Å². The van der Waals surface area contributed by atoms with Crippen molar-refractivity contribution in [3.8, 4) is 5.69 Å². The third kappa shape index (κ3) is 2.66. The molecule has 1 heterocycles. The lowest BCUT2D eigenvalue weighted by molar-refractivity contribution is -0.115. The number of anilines is 1. The Labute approximate surface area is 106 Å². The maximum Gasteiger partial charge on any atom is 0.224 e. The second-order valence-corrected chi connectivity index (χ2v) is 3.86. The summed E-state index contributed by atoms with van der Waals surface area (Å²) in [5.74, 6) is 0.00422. The zero-order valence-corrected chi connectivity index (χ0v) is 10.3. The van der Waals surface area contributed by atoms with Gasteiger partial charge in [0.15, 0.2) is 0 Å². The highest BCUT2D eigenvalue weighted by Crippen LogP contribution is 2.15. The minimum Gasteiger partial charge on any atom is -0.326 e. The Kier molecular flexibility index (Phi) is 3.57. The number of carbonyl (C=O) groups excluding carboxylic acids is 1. The average Bonchev–Trinajstić information content (AvgIpc) is 2.87. The van der Waals surface area contributed by atoms with Crippen LogP contribution in [0.1, 0.15) is 19.0 Å². The highest BCUT2D eigenvalue weighted by atomic mass is 16.1. The van der Waals surface area contributed by atoms with Crippen LogP contribution in [0.15, 0.2) is 43.4 Å². The van der Waals surface area contributed by atoms with E-state index in [1.165, 1.54) is 0 Å². The third-order valence-electron chi connectivity index (χ3n) is 2.56. The molecule has 1 aromatic heterocycles. The Morgan fingerprint density at radius 1 is 1.56 bits per heavy atom. The largest absolute Gasteiger partial charge is 0.326 e. The predicted molar refractivity (Wildman–Crippen MR) is 72.6 cm³/mol. The third-order valence-corrected chi connectivity index (χ3v) is 2.56. The highest BCUT2D eigenvalue weighted by molar-refractivity contribution is 5.90. The van der Waals surface area contributed by atoms with Crippen molar-refractivity contribution in [2.45, 2.75) is 13.3 Å². The first kappa shape index (κ1) is 12.1. The summed E-state index contributed by atoms with van der Waals surface area (Å²) >= 11 is 0. The molecule has 0 saturated carbocycles. The molecule has 0 atom stereocenters. The molecule has 1 amide bonds. The van der Waals surface area contributed by atoms with Crippen molar-refractivity contribution in [3.63, 3.8) is 0 Å². The molecule has 18 heavy (non-hydrogen) atoms. The molecule has 0 aliphatic carbocycles. The van der Waals surface area contributed by atoms with Crippen LogP contribution < -0.4 is 5.32 Å². The average molecular weight is 241 g/mol. The fourth-order valence-corrected chi connectivity index (χ4v) is 1.58. The van der Waals surface area contributed by atoms with E-state index in [0.29, 0.717) is 6.42 Å². The first-order valence-corrected chi connectivity index (χ1v) is 5.79. The van der Waals surface area contributed by atoms with E-state index in [2.05, 4.69) is 16.9 Å². The van der Waals surface area contributed by atoms with E-state index in [4.69, 9.17) is 0 Å². The van der Waals surface area contributed by atoms with Gasteiger partial charge in [0.25, 0.3) is 0 Å². The van der Waals surface area contributed by atoms with Crippen LogP contribution in [0, 0.1) is 0 Å². The van der Waals surface area contributed by atoms with Gasteiger partial charge in [-0.3, -0.25) is 4.79 Å². The number of rotatable bonds is 4. The van der Waals surface area contributed by atoms with Crippen LogP contribution in [-0.2, 0) is 4.79 Å². The van der Waals surface area contributed by atoms with E-state index < -0.39 is 0 Å². The van der Waals surface area contributed by atoms with E-state index in [0.717, 1.165) is 17.1 Å². The van der Waals surface area contributed by atoms with Crippen LogP contribution in [0.25, 0.3) is 11.8 Å². The highest BCUT2D eigenvalue weighted by Gasteiger charge is 2.02. The van der Waals surface area contributed by atoms with Gasteiger partial charge in [0.05, 0.1) is 12.0 Å². The second-order valence-electron chi connectivity index (χ2n) is 3.86. The fraction of sp³-hybridized carbons (Fsp3) is 0.143. The summed E-state index contributed by atoms with van der Waals surface area (Å²) in [6, 6.07) is 7.62.